The lowest BCUT2D eigenvalue weighted by Gasteiger charge is -2.31. The first-order valence-corrected chi connectivity index (χ1v) is 7.08. The SMILES string of the molecule is CCCOCCOc1ccc2c(c1)OC(C)(C)CC2=O. The van der Waals surface area contributed by atoms with E-state index in [9.17, 15) is 4.79 Å². The lowest BCUT2D eigenvalue weighted by molar-refractivity contribution is 0.0616. The second-order valence-corrected chi connectivity index (χ2v) is 5.58. The van der Waals surface area contributed by atoms with E-state index in [0.29, 0.717) is 36.7 Å². The predicted octanol–water partition coefficient (Wildman–Crippen LogP) is 3.24. The molecule has 1 heterocycles. The highest BCUT2D eigenvalue weighted by molar-refractivity contribution is 6.00. The van der Waals surface area contributed by atoms with Gasteiger partial charge >= 0.3 is 0 Å². The molecule has 0 atom stereocenters. The van der Waals surface area contributed by atoms with Gasteiger partial charge in [-0.3, -0.25) is 4.79 Å². The molecule has 0 bridgehead atoms. The molecule has 2 rings (SSSR count). The van der Waals surface area contributed by atoms with Gasteiger partial charge in [-0.2, -0.15) is 0 Å². The van der Waals surface area contributed by atoms with Crippen LogP contribution in [-0.2, 0) is 4.74 Å². The maximum absolute atomic E-state index is 12.0. The van der Waals surface area contributed by atoms with Gasteiger partial charge in [0.25, 0.3) is 0 Å². The minimum Gasteiger partial charge on any atom is -0.491 e. The third-order valence-corrected chi connectivity index (χ3v) is 3.07. The molecule has 1 aliphatic heterocycles. The summed E-state index contributed by atoms with van der Waals surface area (Å²) in [6, 6.07) is 5.36. The van der Waals surface area contributed by atoms with Gasteiger partial charge in [-0.15, -0.1) is 0 Å². The van der Waals surface area contributed by atoms with Crippen LogP contribution in [0.4, 0.5) is 0 Å². The number of benzene rings is 1. The number of ketones is 1. The van der Waals surface area contributed by atoms with Crippen molar-refractivity contribution in [2.45, 2.75) is 39.2 Å². The van der Waals surface area contributed by atoms with Crippen molar-refractivity contribution in [1.82, 2.24) is 0 Å². The molecule has 0 amide bonds. The summed E-state index contributed by atoms with van der Waals surface area (Å²) in [6.07, 6.45) is 1.41. The fourth-order valence-electron chi connectivity index (χ4n) is 2.19. The van der Waals surface area contributed by atoms with Gasteiger partial charge in [-0.25, -0.2) is 0 Å². The largest absolute Gasteiger partial charge is 0.491 e. The number of Topliss-reactive ketones (excluding diaryl/α,β-unsaturated/α-hetero) is 1. The predicted molar refractivity (Wildman–Crippen MR) is 76.7 cm³/mol. The molecule has 0 unspecified atom stereocenters. The fourth-order valence-corrected chi connectivity index (χ4v) is 2.19. The van der Waals surface area contributed by atoms with Crippen LogP contribution in [0, 0.1) is 0 Å². The highest BCUT2D eigenvalue weighted by Crippen LogP contribution is 2.35. The Morgan fingerprint density at radius 1 is 1.25 bits per heavy atom. The average Bonchev–Trinajstić information content (AvgIpc) is 2.36. The topological polar surface area (TPSA) is 44.8 Å². The Hall–Kier alpha value is -1.55. The van der Waals surface area contributed by atoms with Crippen molar-refractivity contribution in [2.24, 2.45) is 0 Å². The van der Waals surface area contributed by atoms with Crippen molar-refractivity contribution < 1.29 is 19.0 Å². The number of ether oxygens (including phenoxy) is 3. The van der Waals surface area contributed by atoms with Crippen LogP contribution in [0.5, 0.6) is 11.5 Å². The summed E-state index contributed by atoms with van der Waals surface area (Å²) < 4.78 is 16.8. The van der Waals surface area contributed by atoms with Gasteiger partial charge in [0.2, 0.25) is 0 Å². The van der Waals surface area contributed by atoms with Gasteiger partial charge in [0.15, 0.2) is 5.78 Å². The molecule has 0 saturated heterocycles. The summed E-state index contributed by atoms with van der Waals surface area (Å²) in [5, 5.41) is 0. The van der Waals surface area contributed by atoms with Crippen LogP contribution in [0.15, 0.2) is 18.2 Å². The van der Waals surface area contributed by atoms with E-state index >= 15 is 0 Å². The Morgan fingerprint density at radius 3 is 2.80 bits per heavy atom. The van der Waals surface area contributed by atoms with Crippen molar-refractivity contribution in [2.75, 3.05) is 19.8 Å². The lowest BCUT2D eigenvalue weighted by atomic mass is 9.93. The highest BCUT2D eigenvalue weighted by Gasteiger charge is 2.32. The standard InChI is InChI=1S/C16H22O4/c1-4-7-18-8-9-19-12-5-6-13-14(17)11-16(2,3)20-15(13)10-12/h5-6,10H,4,7-9,11H2,1-3H3. The summed E-state index contributed by atoms with van der Waals surface area (Å²) in [5.74, 6) is 1.43. The minimum atomic E-state index is -0.451. The Bertz CT molecular complexity index is 479. The van der Waals surface area contributed by atoms with Crippen molar-refractivity contribution in [1.29, 1.82) is 0 Å². The van der Waals surface area contributed by atoms with Crippen LogP contribution in [0.1, 0.15) is 44.0 Å². The van der Waals surface area contributed by atoms with Gasteiger partial charge in [0.1, 0.15) is 23.7 Å². The number of carbonyl (C=O) groups is 1. The Balaban J connectivity index is 1.99. The van der Waals surface area contributed by atoms with Crippen LogP contribution < -0.4 is 9.47 Å². The van der Waals surface area contributed by atoms with E-state index in [1.165, 1.54) is 0 Å². The van der Waals surface area contributed by atoms with Crippen molar-refractivity contribution in [3.8, 4) is 11.5 Å². The summed E-state index contributed by atoms with van der Waals surface area (Å²) in [5.41, 5.74) is 0.186. The minimum absolute atomic E-state index is 0.120. The number of hydrogen-bond donors (Lipinski definition) is 0. The molecule has 4 heteroatoms. The van der Waals surface area contributed by atoms with Crippen LogP contribution in [0.2, 0.25) is 0 Å². The Morgan fingerprint density at radius 2 is 2.05 bits per heavy atom. The van der Waals surface area contributed by atoms with Gasteiger partial charge in [-0.1, -0.05) is 6.92 Å². The summed E-state index contributed by atoms with van der Waals surface area (Å²) >= 11 is 0. The van der Waals surface area contributed by atoms with Crippen LogP contribution in [0.3, 0.4) is 0 Å². The molecule has 20 heavy (non-hydrogen) atoms. The van der Waals surface area contributed by atoms with E-state index in [2.05, 4.69) is 6.92 Å². The molecule has 0 fully saturated rings. The van der Waals surface area contributed by atoms with Gasteiger partial charge in [0.05, 0.1) is 18.6 Å². The molecule has 4 nitrogen and oxygen atoms in total. The van der Waals surface area contributed by atoms with Gasteiger partial charge in [0, 0.05) is 12.7 Å². The molecular weight excluding hydrogens is 256 g/mol. The molecule has 110 valence electrons. The summed E-state index contributed by atoms with van der Waals surface area (Å²) in [6.45, 7) is 7.71. The van der Waals surface area contributed by atoms with Crippen LogP contribution >= 0.6 is 0 Å². The molecule has 1 aromatic carbocycles. The second-order valence-electron chi connectivity index (χ2n) is 5.58. The molecule has 0 radical (unpaired) electrons. The maximum Gasteiger partial charge on any atom is 0.170 e. The summed E-state index contributed by atoms with van der Waals surface area (Å²) in [4.78, 5) is 12.0. The zero-order chi connectivity index (χ0) is 14.6. The first-order valence-electron chi connectivity index (χ1n) is 7.08. The second kappa shape index (κ2) is 6.27. The molecule has 0 aliphatic carbocycles. The number of hydrogen-bond acceptors (Lipinski definition) is 4. The average molecular weight is 278 g/mol. The molecule has 1 aromatic rings. The first kappa shape index (κ1) is 14.9. The monoisotopic (exact) mass is 278 g/mol. The van der Waals surface area contributed by atoms with Crippen molar-refractivity contribution >= 4 is 5.78 Å². The molecule has 0 spiro atoms. The third-order valence-electron chi connectivity index (χ3n) is 3.07. The van der Waals surface area contributed by atoms with E-state index in [0.717, 1.165) is 13.0 Å². The fraction of sp³-hybridized carbons (Fsp3) is 0.562. The normalized spacial score (nSPS) is 16.4. The van der Waals surface area contributed by atoms with E-state index in [1.54, 1.807) is 18.2 Å². The quantitative estimate of drug-likeness (QED) is 0.749. The van der Waals surface area contributed by atoms with Gasteiger partial charge < -0.3 is 14.2 Å². The zero-order valence-electron chi connectivity index (χ0n) is 12.4. The molecule has 0 aromatic heterocycles. The number of carbonyl (C=O) groups excluding carboxylic acids is 1. The third kappa shape index (κ3) is 3.73. The number of fused-ring (bicyclic) bond motifs is 1. The molecule has 1 aliphatic rings. The number of rotatable bonds is 6. The van der Waals surface area contributed by atoms with E-state index in [1.807, 2.05) is 13.8 Å². The van der Waals surface area contributed by atoms with Crippen molar-refractivity contribution in [3.63, 3.8) is 0 Å². The van der Waals surface area contributed by atoms with Gasteiger partial charge in [-0.05, 0) is 32.4 Å². The lowest BCUT2D eigenvalue weighted by Crippen LogP contribution is -2.35. The Kier molecular flexibility index (Phi) is 4.65. The van der Waals surface area contributed by atoms with E-state index in [-0.39, 0.29) is 5.78 Å². The molecule has 0 N–H and O–H groups in total. The van der Waals surface area contributed by atoms with Crippen molar-refractivity contribution in [3.05, 3.63) is 23.8 Å². The van der Waals surface area contributed by atoms with E-state index in [4.69, 9.17) is 14.2 Å². The Labute approximate surface area is 120 Å². The summed E-state index contributed by atoms with van der Waals surface area (Å²) in [7, 11) is 0. The smallest absolute Gasteiger partial charge is 0.170 e. The first-order chi connectivity index (χ1) is 9.52. The molecular formula is C16H22O4. The van der Waals surface area contributed by atoms with Crippen LogP contribution in [0.25, 0.3) is 0 Å². The molecule has 0 saturated carbocycles. The van der Waals surface area contributed by atoms with E-state index < -0.39 is 5.60 Å². The maximum atomic E-state index is 12.0. The zero-order valence-corrected chi connectivity index (χ0v) is 12.4. The van der Waals surface area contributed by atoms with Crippen LogP contribution in [-0.4, -0.2) is 31.2 Å². The highest BCUT2D eigenvalue weighted by atomic mass is 16.5.